The first-order valence-corrected chi connectivity index (χ1v) is 6.55. The zero-order chi connectivity index (χ0) is 15.9. The Kier molecular flexibility index (Phi) is 3.30. The number of ketones is 1. The van der Waals surface area contributed by atoms with Crippen molar-refractivity contribution in [2.45, 2.75) is 0 Å². The van der Waals surface area contributed by atoms with Crippen LogP contribution in [-0.2, 0) is 0 Å². The van der Waals surface area contributed by atoms with Crippen molar-refractivity contribution in [1.29, 1.82) is 0 Å². The number of carbonyl (C=O) groups is 1. The van der Waals surface area contributed by atoms with Crippen LogP contribution in [0.3, 0.4) is 0 Å². The summed E-state index contributed by atoms with van der Waals surface area (Å²) in [5.74, 6) is -0.298. The Morgan fingerprint density at radius 2 is 2.00 bits per heavy atom. The number of nitrogens with zero attached hydrogens (tertiary/aromatic N) is 1. The molecule has 110 valence electrons. The van der Waals surface area contributed by atoms with Gasteiger partial charge in [-0.3, -0.25) is 14.9 Å². The molecular formula is C15H8ClNO5. The number of phenols is 1. The van der Waals surface area contributed by atoms with Crippen LogP contribution in [0.5, 0.6) is 11.5 Å². The molecule has 0 atom stereocenters. The minimum Gasteiger partial charge on any atom is -0.508 e. The molecule has 22 heavy (non-hydrogen) atoms. The Balaban J connectivity index is 2.07. The summed E-state index contributed by atoms with van der Waals surface area (Å²) in [6.07, 6.45) is 1.23. The molecule has 1 heterocycles. The fourth-order valence-electron chi connectivity index (χ4n) is 2.13. The number of aromatic hydroxyl groups is 1. The number of hydrogen-bond acceptors (Lipinski definition) is 5. The standard InChI is InChI=1S/C15H8ClNO5/c16-9-1-4-13-11(7-9)15(19)14(22-13)6-8-5-10(18)2-3-12(8)17(20)21/h1-7,18H/b14-6-. The maximum atomic E-state index is 12.2. The van der Waals surface area contributed by atoms with E-state index in [-0.39, 0.29) is 22.8 Å². The zero-order valence-electron chi connectivity index (χ0n) is 10.9. The average molecular weight is 318 g/mol. The third kappa shape index (κ3) is 2.40. The van der Waals surface area contributed by atoms with Gasteiger partial charge in [-0.25, -0.2) is 0 Å². The van der Waals surface area contributed by atoms with Crippen molar-refractivity contribution in [3.8, 4) is 11.5 Å². The summed E-state index contributed by atoms with van der Waals surface area (Å²) in [7, 11) is 0. The third-order valence-corrected chi connectivity index (χ3v) is 3.36. The number of ether oxygens (including phenoxy) is 1. The predicted octanol–water partition coefficient (Wildman–Crippen LogP) is 3.57. The van der Waals surface area contributed by atoms with Gasteiger partial charge in [0.05, 0.1) is 16.1 Å². The number of nitro groups is 1. The van der Waals surface area contributed by atoms with Crippen LogP contribution >= 0.6 is 11.6 Å². The van der Waals surface area contributed by atoms with E-state index in [1.165, 1.54) is 24.3 Å². The van der Waals surface area contributed by atoms with E-state index in [0.717, 1.165) is 6.07 Å². The van der Waals surface area contributed by atoms with Gasteiger partial charge in [-0.1, -0.05) is 11.6 Å². The summed E-state index contributed by atoms with van der Waals surface area (Å²) in [6.45, 7) is 0. The molecule has 1 aliphatic rings. The second-order valence-electron chi connectivity index (χ2n) is 4.58. The normalized spacial score (nSPS) is 14.8. The molecule has 0 radical (unpaired) electrons. The molecule has 1 N–H and O–H groups in total. The SMILES string of the molecule is O=C1/C(=C/c2cc(O)ccc2[N+](=O)[O-])Oc2ccc(Cl)cc21. The van der Waals surface area contributed by atoms with Gasteiger partial charge in [-0.05, 0) is 36.4 Å². The largest absolute Gasteiger partial charge is 0.508 e. The number of Topliss-reactive ketones (excluding diaryl/α,β-unsaturated/α-hetero) is 1. The highest BCUT2D eigenvalue weighted by molar-refractivity contribution is 6.31. The first-order valence-electron chi connectivity index (χ1n) is 6.17. The summed E-state index contributed by atoms with van der Waals surface area (Å²) >= 11 is 5.83. The summed E-state index contributed by atoms with van der Waals surface area (Å²) in [4.78, 5) is 22.6. The first kappa shape index (κ1) is 14.1. The summed E-state index contributed by atoms with van der Waals surface area (Å²) < 4.78 is 5.40. The van der Waals surface area contributed by atoms with E-state index in [0.29, 0.717) is 16.3 Å². The summed E-state index contributed by atoms with van der Waals surface area (Å²) in [6, 6.07) is 8.15. The predicted molar refractivity (Wildman–Crippen MR) is 79.1 cm³/mol. The van der Waals surface area contributed by atoms with Gasteiger partial charge in [0, 0.05) is 11.1 Å². The molecule has 6 nitrogen and oxygen atoms in total. The molecule has 0 unspecified atom stereocenters. The van der Waals surface area contributed by atoms with E-state index in [1.807, 2.05) is 0 Å². The Morgan fingerprint density at radius 3 is 2.73 bits per heavy atom. The Labute approximate surface area is 129 Å². The van der Waals surface area contributed by atoms with Crippen molar-refractivity contribution in [2.75, 3.05) is 0 Å². The van der Waals surface area contributed by atoms with Crippen molar-refractivity contribution in [3.05, 3.63) is 68.4 Å². The maximum Gasteiger partial charge on any atom is 0.276 e. The zero-order valence-corrected chi connectivity index (χ0v) is 11.7. The number of rotatable bonds is 2. The molecule has 0 aromatic heterocycles. The van der Waals surface area contributed by atoms with E-state index < -0.39 is 10.7 Å². The van der Waals surface area contributed by atoms with Gasteiger partial charge in [0.25, 0.3) is 5.69 Å². The summed E-state index contributed by atoms with van der Waals surface area (Å²) in [5.41, 5.74) is 0.129. The van der Waals surface area contributed by atoms with Gasteiger partial charge in [-0.2, -0.15) is 0 Å². The molecule has 2 aromatic rings. The van der Waals surface area contributed by atoms with Crippen LogP contribution in [0.25, 0.3) is 6.08 Å². The second-order valence-corrected chi connectivity index (χ2v) is 5.02. The molecule has 0 aliphatic carbocycles. The third-order valence-electron chi connectivity index (χ3n) is 3.12. The van der Waals surface area contributed by atoms with Crippen LogP contribution in [0.2, 0.25) is 5.02 Å². The van der Waals surface area contributed by atoms with E-state index in [1.54, 1.807) is 12.1 Å². The average Bonchev–Trinajstić information content (AvgIpc) is 2.75. The maximum absolute atomic E-state index is 12.2. The van der Waals surface area contributed by atoms with E-state index in [9.17, 15) is 20.0 Å². The molecule has 0 saturated heterocycles. The van der Waals surface area contributed by atoms with Crippen LogP contribution < -0.4 is 4.74 Å². The second kappa shape index (κ2) is 5.16. The number of halogens is 1. The Hall–Kier alpha value is -2.86. The van der Waals surface area contributed by atoms with Gasteiger partial charge in [-0.15, -0.1) is 0 Å². The Bertz CT molecular complexity index is 844. The lowest BCUT2D eigenvalue weighted by atomic mass is 10.1. The van der Waals surface area contributed by atoms with E-state index >= 15 is 0 Å². The van der Waals surface area contributed by atoms with Gasteiger partial charge >= 0.3 is 0 Å². The number of nitro benzene ring substituents is 1. The molecule has 0 bridgehead atoms. The Morgan fingerprint density at radius 1 is 1.23 bits per heavy atom. The lowest BCUT2D eigenvalue weighted by molar-refractivity contribution is -0.385. The van der Waals surface area contributed by atoms with Crippen molar-refractivity contribution < 1.29 is 19.6 Å². The molecule has 0 saturated carbocycles. The van der Waals surface area contributed by atoms with Crippen LogP contribution in [0.4, 0.5) is 5.69 Å². The minimum atomic E-state index is -0.602. The summed E-state index contributed by atoms with van der Waals surface area (Å²) in [5, 5.41) is 20.9. The molecule has 0 spiro atoms. The fourth-order valence-corrected chi connectivity index (χ4v) is 2.30. The van der Waals surface area contributed by atoms with Crippen LogP contribution in [0.1, 0.15) is 15.9 Å². The first-order chi connectivity index (χ1) is 10.5. The highest BCUT2D eigenvalue weighted by atomic mass is 35.5. The van der Waals surface area contributed by atoms with Crippen LogP contribution in [0, 0.1) is 10.1 Å². The molecule has 0 amide bonds. The lowest BCUT2D eigenvalue weighted by Gasteiger charge is -2.01. The minimum absolute atomic E-state index is 0.0639. The number of hydrogen-bond donors (Lipinski definition) is 1. The fraction of sp³-hybridized carbons (Fsp3) is 0. The number of carbonyl (C=O) groups excluding carboxylic acids is 1. The number of allylic oxidation sites excluding steroid dienone is 1. The van der Waals surface area contributed by atoms with Crippen molar-refractivity contribution >= 4 is 29.1 Å². The van der Waals surface area contributed by atoms with Gasteiger partial charge in [0.1, 0.15) is 11.5 Å². The molecule has 1 aliphatic heterocycles. The van der Waals surface area contributed by atoms with Crippen LogP contribution in [-0.4, -0.2) is 15.8 Å². The van der Waals surface area contributed by atoms with Crippen molar-refractivity contribution in [3.63, 3.8) is 0 Å². The topological polar surface area (TPSA) is 89.7 Å². The smallest absolute Gasteiger partial charge is 0.276 e. The van der Waals surface area contributed by atoms with Crippen molar-refractivity contribution in [1.82, 2.24) is 0 Å². The highest BCUT2D eigenvalue weighted by Gasteiger charge is 2.28. The number of phenolic OH excluding ortho intramolecular Hbond substituents is 1. The highest BCUT2D eigenvalue weighted by Crippen LogP contribution is 2.35. The number of benzene rings is 2. The molecule has 3 rings (SSSR count). The quantitative estimate of drug-likeness (QED) is 0.519. The molecule has 0 fully saturated rings. The van der Waals surface area contributed by atoms with Crippen molar-refractivity contribution in [2.24, 2.45) is 0 Å². The van der Waals surface area contributed by atoms with Crippen LogP contribution in [0.15, 0.2) is 42.2 Å². The molecule has 2 aromatic carbocycles. The monoisotopic (exact) mass is 317 g/mol. The lowest BCUT2D eigenvalue weighted by Crippen LogP contribution is -1.99. The number of fused-ring (bicyclic) bond motifs is 1. The van der Waals surface area contributed by atoms with Gasteiger partial charge in [0.15, 0.2) is 5.76 Å². The molecular weight excluding hydrogens is 310 g/mol. The van der Waals surface area contributed by atoms with Gasteiger partial charge < -0.3 is 9.84 Å². The van der Waals surface area contributed by atoms with E-state index in [4.69, 9.17) is 16.3 Å². The molecule has 7 heteroatoms. The van der Waals surface area contributed by atoms with E-state index in [2.05, 4.69) is 0 Å². The van der Waals surface area contributed by atoms with Gasteiger partial charge in [0.2, 0.25) is 5.78 Å².